The summed E-state index contributed by atoms with van der Waals surface area (Å²) in [5.41, 5.74) is 3.91. The predicted octanol–water partition coefficient (Wildman–Crippen LogP) is 1.24. The highest BCUT2D eigenvalue weighted by atomic mass is 32.1. The molecule has 9 heteroatoms. The van der Waals surface area contributed by atoms with E-state index in [2.05, 4.69) is 20.5 Å². The Morgan fingerprint density at radius 2 is 2.08 bits per heavy atom. The van der Waals surface area contributed by atoms with Crippen molar-refractivity contribution < 1.29 is 14.3 Å². The molecule has 0 atom stereocenters. The monoisotopic (exact) mass is 346 g/mol. The lowest BCUT2D eigenvalue weighted by molar-refractivity contribution is -0.120. The number of ether oxygens (including phenoxy) is 2. The van der Waals surface area contributed by atoms with Crippen molar-refractivity contribution in [3.05, 3.63) is 50.6 Å². The molecule has 2 heterocycles. The number of aromatic amines is 2. The van der Waals surface area contributed by atoms with Gasteiger partial charge in [-0.25, -0.2) is 5.43 Å². The van der Waals surface area contributed by atoms with Gasteiger partial charge in [-0.15, -0.1) is 0 Å². The Kier molecular flexibility index (Phi) is 4.43. The minimum absolute atomic E-state index is 0.0362. The summed E-state index contributed by atoms with van der Waals surface area (Å²) in [7, 11) is 0. The summed E-state index contributed by atoms with van der Waals surface area (Å²) in [6.07, 6.45) is -0.0362. The number of benzene rings is 1. The van der Waals surface area contributed by atoms with Crippen LogP contribution in [0.2, 0.25) is 0 Å². The summed E-state index contributed by atoms with van der Waals surface area (Å²) in [6, 6.07) is 6.69. The smallest absolute Gasteiger partial charge is 0.251 e. The molecule has 8 nitrogen and oxygen atoms in total. The molecule has 0 unspecified atom stereocenters. The molecule has 3 N–H and O–H groups in total. The number of fused-ring (bicyclic) bond motifs is 1. The molecular weight excluding hydrogens is 332 g/mol. The van der Waals surface area contributed by atoms with Crippen LogP contribution in [0.4, 0.5) is 0 Å². The summed E-state index contributed by atoms with van der Waals surface area (Å²) < 4.78 is 10.7. The lowest BCUT2D eigenvalue weighted by Crippen LogP contribution is -2.23. The first kappa shape index (κ1) is 15.9. The molecule has 2 aromatic rings. The molecule has 1 aliphatic rings. The molecule has 0 spiro atoms. The maximum Gasteiger partial charge on any atom is 0.251 e. The second-order valence-electron chi connectivity index (χ2n) is 5.09. The van der Waals surface area contributed by atoms with E-state index in [9.17, 15) is 9.59 Å². The van der Waals surface area contributed by atoms with E-state index in [0.29, 0.717) is 22.9 Å². The van der Waals surface area contributed by atoms with Crippen molar-refractivity contribution in [1.29, 1.82) is 0 Å². The van der Waals surface area contributed by atoms with Crippen LogP contribution in [0.25, 0.3) is 0 Å². The third kappa shape index (κ3) is 3.69. The van der Waals surface area contributed by atoms with Crippen molar-refractivity contribution in [3.63, 3.8) is 0 Å². The highest BCUT2D eigenvalue weighted by Gasteiger charge is 2.14. The molecule has 0 aliphatic carbocycles. The van der Waals surface area contributed by atoms with E-state index in [1.807, 2.05) is 6.07 Å². The number of hydrogen-bond donors (Lipinski definition) is 3. The average Bonchev–Trinajstić information content (AvgIpc) is 2.99. The number of carbonyl (C=O) groups is 1. The van der Waals surface area contributed by atoms with Crippen molar-refractivity contribution in [2.75, 3.05) is 6.79 Å². The van der Waals surface area contributed by atoms with Crippen molar-refractivity contribution >= 4 is 23.8 Å². The molecule has 0 radical (unpaired) electrons. The largest absolute Gasteiger partial charge is 0.454 e. The third-order valence-corrected chi connectivity index (χ3v) is 3.51. The second kappa shape index (κ2) is 6.67. The van der Waals surface area contributed by atoms with E-state index in [4.69, 9.17) is 21.7 Å². The second-order valence-corrected chi connectivity index (χ2v) is 5.50. The Labute approximate surface area is 141 Å². The zero-order chi connectivity index (χ0) is 17.1. The molecule has 1 aromatic carbocycles. The summed E-state index contributed by atoms with van der Waals surface area (Å²) in [6.45, 7) is 1.96. The van der Waals surface area contributed by atoms with Crippen LogP contribution in [0.5, 0.6) is 11.5 Å². The zero-order valence-corrected chi connectivity index (χ0v) is 13.5. The highest BCUT2D eigenvalue weighted by molar-refractivity contribution is 7.71. The number of rotatable bonds is 4. The number of nitrogens with zero attached hydrogens (tertiary/aromatic N) is 1. The topological polar surface area (TPSA) is 109 Å². The van der Waals surface area contributed by atoms with E-state index >= 15 is 0 Å². The molecule has 3 rings (SSSR count). The molecule has 0 fully saturated rings. The first-order valence-corrected chi connectivity index (χ1v) is 7.48. The fraction of sp³-hybridized carbons (Fsp3) is 0.200. The van der Waals surface area contributed by atoms with E-state index in [0.717, 1.165) is 5.56 Å². The molecular formula is C15H14N4O4S. The third-order valence-electron chi connectivity index (χ3n) is 3.31. The molecule has 0 bridgehead atoms. The van der Waals surface area contributed by atoms with Gasteiger partial charge in [0, 0.05) is 17.3 Å². The Bertz CT molecular complexity index is 903. The van der Waals surface area contributed by atoms with Crippen molar-refractivity contribution in [2.24, 2.45) is 5.10 Å². The molecule has 1 amide bonds. The quantitative estimate of drug-likeness (QED) is 0.438. The number of hydrazone groups is 1. The van der Waals surface area contributed by atoms with Gasteiger partial charge in [-0.05, 0) is 37.3 Å². The van der Waals surface area contributed by atoms with Crippen molar-refractivity contribution in [2.45, 2.75) is 13.3 Å². The number of H-pyrrole nitrogens is 2. The maximum absolute atomic E-state index is 11.9. The Balaban J connectivity index is 1.67. The standard InChI is InChI=1S/C15H14N4O4S/c1-8(9-2-3-11-12(4-9)23-7-22-11)18-19-14(21)6-10-5-13(20)17-15(24)16-10/h2-5H,6-7H2,1H3,(H,19,21)(H2,16,17,20,24)/b18-8-. The summed E-state index contributed by atoms with van der Waals surface area (Å²) in [5.74, 6) is 0.955. The number of nitrogens with one attached hydrogen (secondary N) is 3. The van der Waals surface area contributed by atoms with E-state index in [1.54, 1.807) is 19.1 Å². The van der Waals surface area contributed by atoms with Gasteiger partial charge in [-0.3, -0.25) is 14.6 Å². The molecule has 1 aromatic heterocycles. The summed E-state index contributed by atoms with van der Waals surface area (Å²) >= 11 is 4.86. The summed E-state index contributed by atoms with van der Waals surface area (Å²) in [4.78, 5) is 28.4. The first-order chi connectivity index (χ1) is 11.5. The van der Waals surface area contributed by atoms with E-state index < -0.39 is 0 Å². The Morgan fingerprint density at radius 1 is 1.29 bits per heavy atom. The first-order valence-electron chi connectivity index (χ1n) is 7.07. The van der Waals surface area contributed by atoms with Gasteiger partial charge in [0.15, 0.2) is 16.3 Å². The average molecular weight is 346 g/mol. The van der Waals surface area contributed by atoms with Gasteiger partial charge in [-0.2, -0.15) is 5.10 Å². The fourth-order valence-electron chi connectivity index (χ4n) is 2.16. The van der Waals surface area contributed by atoms with Crippen molar-refractivity contribution in [3.8, 4) is 11.5 Å². The molecule has 124 valence electrons. The van der Waals surface area contributed by atoms with E-state index in [-0.39, 0.29) is 29.5 Å². The van der Waals surface area contributed by atoms with Gasteiger partial charge in [0.2, 0.25) is 12.7 Å². The van der Waals surface area contributed by atoms with Crippen LogP contribution in [0.1, 0.15) is 18.2 Å². The van der Waals surface area contributed by atoms with Crippen LogP contribution in [0.15, 0.2) is 34.2 Å². The maximum atomic E-state index is 11.9. The molecule has 0 saturated heterocycles. The molecule has 0 saturated carbocycles. The van der Waals surface area contributed by atoms with Crippen LogP contribution in [-0.4, -0.2) is 28.4 Å². The Hall–Kier alpha value is -2.94. The van der Waals surface area contributed by atoms with E-state index in [1.165, 1.54) is 6.07 Å². The number of hydrogen-bond acceptors (Lipinski definition) is 6. The molecule has 24 heavy (non-hydrogen) atoms. The zero-order valence-electron chi connectivity index (χ0n) is 12.7. The predicted molar refractivity (Wildman–Crippen MR) is 88.9 cm³/mol. The lowest BCUT2D eigenvalue weighted by atomic mass is 10.1. The Morgan fingerprint density at radius 3 is 2.88 bits per heavy atom. The van der Waals surface area contributed by atoms with Crippen LogP contribution < -0.4 is 20.5 Å². The van der Waals surface area contributed by atoms with Crippen LogP contribution in [0, 0.1) is 4.77 Å². The van der Waals surface area contributed by atoms with Gasteiger partial charge in [0.25, 0.3) is 5.56 Å². The minimum Gasteiger partial charge on any atom is -0.454 e. The number of amides is 1. The lowest BCUT2D eigenvalue weighted by Gasteiger charge is -2.04. The summed E-state index contributed by atoms with van der Waals surface area (Å²) in [5, 5.41) is 4.06. The van der Waals surface area contributed by atoms with Crippen LogP contribution >= 0.6 is 12.2 Å². The van der Waals surface area contributed by atoms with Crippen molar-refractivity contribution in [1.82, 2.24) is 15.4 Å². The highest BCUT2D eigenvalue weighted by Crippen LogP contribution is 2.32. The normalized spacial score (nSPS) is 13.0. The van der Waals surface area contributed by atoms with Gasteiger partial charge in [0.1, 0.15) is 0 Å². The van der Waals surface area contributed by atoms with Crippen LogP contribution in [0.3, 0.4) is 0 Å². The van der Waals surface area contributed by atoms with Gasteiger partial charge in [-0.1, -0.05) is 0 Å². The fourth-order valence-corrected chi connectivity index (χ4v) is 2.39. The number of carbonyl (C=O) groups excluding carboxylic acids is 1. The molecule has 1 aliphatic heterocycles. The van der Waals surface area contributed by atoms with Crippen LogP contribution in [-0.2, 0) is 11.2 Å². The van der Waals surface area contributed by atoms with Gasteiger partial charge >= 0.3 is 0 Å². The number of aromatic nitrogens is 2. The minimum atomic E-state index is -0.369. The SMILES string of the molecule is C/C(=N/NC(=O)Cc1cc(=O)[nH]c(=S)[nH]1)c1ccc2c(c1)OCO2. The van der Waals surface area contributed by atoms with Gasteiger partial charge < -0.3 is 14.5 Å². The van der Waals surface area contributed by atoms with Gasteiger partial charge in [0.05, 0.1) is 12.1 Å².